The van der Waals surface area contributed by atoms with Crippen LogP contribution in [0.3, 0.4) is 0 Å². The van der Waals surface area contributed by atoms with Crippen molar-refractivity contribution in [2.45, 2.75) is 18.6 Å². The molecule has 0 radical (unpaired) electrons. The molecule has 0 saturated carbocycles. The molecule has 6 nitrogen and oxygen atoms in total. The van der Waals surface area contributed by atoms with Gasteiger partial charge < -0.3 is 10.2 Å². The molecule has 24 heavy (non-hydrogen) atoms. The van der Waals surface area contributed by atoms with E-state index in [1.165, 1.54) is 6.20 Å². The van der Waals surface area contributed by atoms with Gasteiger partial charge in [-0.2, -0.15) is 13.2 Å². The van der Waals surface area contributed by atoms with Crippen LogP contribution >= 0.6 is 0 Å². The summed E-state index contributed by atoms with van der Waals surface area (Å²) in [5, 5.41) is 14.4. The number of rotatable bonds is 2. The van der Waals surface area contributed by atoms with E-state index >= 15 is 0 Å². The van der Waals surface area contributed by atoms with Crippen LogP contribution in [0.4, 0.5) is 24.5 Å². The number of nitro benzene ring substituents is 1. The minimum atomic E-state index is -4.32. The number of nitrogens with zero attached hydrogens (tertiary/aromatic N) is 3. The van der Waals surface area contributed by atoms with E-state index in [0.29, 0.717) is 16.6 Å². The maximum atomic E-state index is 12.9. The number of anilines is 1. The Morgan fingerprint density at radius 1 is 1.29 bits per heavy atom. The number of pyridine rings is 1. The van der Waals surface area contributed by atoms with Crippen molar-refractivity contribution in [3.05, 3.63) is 40.6 Å². The second-order valence-corrected chi connectivity index (χ2v) is 5.58. The van der Waals surface area contributed by atoms with Gasteiger partial charge in [0.05, 0.1) is 15.8 Å². The number of halogens is 3. The SMILES string of the molecule is O=[N+]([O-])c1c(N2CCN[C@@H](C(F)(F)F)CC2)ccc2ncccc12. The highest BCUT2D eigenvalue weighted by Gasteiger charge is 2.40. The molecule has 1 atom stereocenters. The van der Waals surface area contributed by atoms with Crippen LogP contribution in [0.1, 0.15) is 6.42 Å². The zero-order chi connectivity index (χ0) is 17.3. The molecule has 1 aliphatic rings. The Hall–Kier alpha value is -2.42. The molecule has 0 spiro atoms. The summed E-state index contributed by atoms with van der Waals surface area (Å²) in [5.41, 5.74) is 0.685. The molecule has 0 bridgehead atoms. The summed E-state index contributed by atoms with van der Waals surface area (Å²) in [6.45, 7) is 0.454. The highest BCUT2D eigenvalue weighted by molar-refractivity contribution is 5.94. The van der Waals surface area contributed by atoms with Crippen LogP contribution in [-0.4, -0.2) is 41.8 Å². The fourth-order valence-corrected chi connectivity index (χ4v) is 2.97. The normalized spacial score (nSPS) is 19.3. The number of fused-ring (bicyclic) bond motifs is 1. The summed E-state index contributed by atoms with van der Waals surface area (Å²) in [6.07, 6.45) is -2.95. The Labute approximate surface area is 135 Å². The van der Waals surface area contributed by atoms with Crippen LogP contribution in [0.25, 0.3) is 10.9 Å². The molecule has 128 valence electrons. The molecule has 9 heteroatoms. The van der Waals surface area contributed by atoms with Crippen molar-refractivity contribution in [3.63, 3.8) is 0 Å². The molecule has 2 heterocycles. The fraction of sp³-hybridized carbons (Fsp3) is 0.400. The average Bonchev–Trinajstić information content (AvgIpc) is 2.79. The largest absolute Gasteiger partial charge is 0.403 e. The van der Waals surface area contributed by atoms with Crippen molar-refractivity contribution in [3.8, 4) is 0 Å². The molecule has 0 amide bonds. The van der Waals surface area contributed by atoms with Crippen LogP contribution in [0.15, 0.2) is 30.5 Å². The zero-order valence-electron chi connectivity index (χ0n) is 12.6. The number of nitrogens with one attached hydrogen (secondary N) is 1. The van der Waals surface area contributed by atoms with Gasteiger partial charge in [0.1, 0.15) is 11.7 Å². The van der Waals surface area contributed by atoms with Gasteiger partial charge in [0.2, 0.25) is 0 Å². The third-order valence-electron chi connectivity index (χ3n) is 4.11. The number of alkyl halides is 3. The lowest BCUT2D eigenvalue weighted by atomic mass is 10.1. The van der Waals surface area contributed by atoms with E-state index in [4.69, 9.17) is 0 Å². The predicted octanol–water partition coefficient (Wildman–Crippen LogP) is 2.87. The summed E-state index contributed by atoms with van der Waals surface area (Å²) in [4.78, 5) is 16.8. The highest BCUT2D eigenvalue weighted by atomic mass is 19.4. The third-order valence-corrected chi connectivity index (χ3v) is 4.11. The molecule has 1 aromatic carbocycles. The molecular formula is C15H15F3N4O2. The first kappa shape index (κ1) is 16.4. The highest BCUT2D eigenvalue weighted by Crippen LogP contribution is 2.36. The van der Waals surface area contributed by atoms with Gasteiger partial charge in [0.15, 0.2) is 0 Å². The lowest BCUT2D eigenvalue weighted by Crippen LogP contribution is -2.42. The lowest BCUT2D eigenvalue weighted by molar-refractivity contribution is -0.382. The number of hydrogen-bond donors (Lipinski definition) is 1. The fourth-order valence-electron chi connectivity index (χ4n) is 2.97. The van der Waals surface area contributed by atoms with Crippen molar-refractivity contribution in [2.24, 2.45) is 0 Å². The minimum absolute atomic E-state index is 0.0871. The standard InChI is InChI=1S/C15H15F3N4O2/c16-15(17,18)13-5-8-21(9-7-20-13)12-4-3-11-10(2-1-6-19-11)14(12)22(23)24/h1-4,6,13,20H,5,7-9H2/t13-/m1/s1. The molecule has 0 aliphatic carbocycles. The Morgan fingerprint density at radius 3 is 2.79 bits per heavy atom. The Balaban J connectivity index is 1.97. The minimum Gasteiger partial charge on any atom is -0.365 e. The molecule has 1 saturated heterocycles. The third kappa shape index (κ3) is 3.12. The number of hydrogen-bond acceptors (Lipinski definition) is 5. The van der Waals surface area contributed by atoms with Gasteiger partial charge >= 0.3 is 11.9 Å². The number of aromatic nitrogens is 1. The van der Waals surface area contributed by atoms with Gasteiger partial charge in [0.25, 0.3) is 0 Å². The Morgan fingerprint density at radius 2 is 2.08 bits per heavy atom. The van der Waals surface area contributed by atoms with E-state index < -0.39 is 17.1 Å². The van der Waals surface area contributed by atoms with Gasteiger partial charge in [-0.25, -0.2) is 0 Å². The number of nitro groups is 1. The lowest BCUT2D eigenvalue weighted by Gasteiger charge is -2.23. The van der Waals surface area contributed by atoms with Crippen LogP contribution in [0, 0.1) is 10.1 Å². The molecule has 2 aromatic rings. The van der Waals surface area contributed by atoms with Crippen LogP contribution in [0.5, 0.6) is 0 Å². The first-order valence-corrected chi connectivity index (χ1v) is 7.45. The molecule has 1 aromatic heterocycles. The van der Waals surface area contributed by atoms with Crippen molar-refractivity contribution >= 4 is 22.3 Å². The van der Waals surface area contributed by atoms with Gasteiger partial charge in [-0.3, -0.25) is 15.1 Å². The van der Waals surface area contributed by atoms with Crippen LogP contribution in [0.2, 0.25) is 0 Å². The van der Waals surface area contributed by atoms with E-state index in [-0.39, 0.29) is 31.7 Å². The molecular weight excluding hydrogens is 325 g/mol. The van der Waals surface area contributed by atoms with Crippen LogP contribution in [-0.2, 0) is 0 Å². The molecule has 0 unspecified atom stereocenters. The average molecular weight is 340 g/mol. The first-order chi connectivity index (χ1) is 11.4. The van der Waals surface area contributed by atoms with Crippen molar-refractivity contribution in [1.29, 1.82) is 0 Å². The summed E-state index contributed by atoms with van der Waals surface area (Å²) < 4.78 is 38.6. The van der Waals surface area contributed by atoms with Gasteiger partial charge in [-0.1, -0.05) is 0 Å². The van der Waals surface area contributed by atoms with Crippen LogP contribution < -0.4 is 10.2 Å². The summed E-state index contributed by atoms with van der Waals surface area (Å²) in [5.74, 6) is 0. The van der Waals surface area contributed by atoms with E-state index in [9.17, 15) is 23.3 Å². The summed E-state index contributed by atoms with van der Waals surface area (Å²) >= 11 is 0. The van der Waals surface area contributed by atoms with Gasteiger partial charge in [-0.15, -0.1) is 0 Å². The zero-order valence-corrected chi connectivity index (χ0v) is 12.6. The maximum Gasteiger partial charge on any atom is 0.403 e. The molecule has 3 rings (SSSR count). The Kier molecular flexibility index (Phi) is 4.27. The summed E-state index contributed by atoms with van der Waals surface area (Å²) in [6, 6.07) is 4.81. The Bertz CT molecular complexity index is 766. The van der Waals surface area contributed by atoms with Gasteiger partial charge in [0, 0.05) is 25.8 Å². The summed E-state index contributed by atoms with van der Waals surface area (Å²) in [7, 11) is 0. The van der Waals surface area contributed by atoms with E-state index in [1.54, 1.807) is 29.2 Å². The topological polar surface area (TPSA) is 71.3 Å². The van der Waals surface area contributed by atoms with E-state index in [1.807, 2.05) is 0 Å². The molecule has 1 fully saturated rings. The first-order valence-electron chi connectivity index (χ1n) is 7.45. The second-order valence-electron chi connectivity index (χ2n) is 5.58. The quantitative estimate of drug-likeness (QED) is 0.672. The maximum absolute atomic E-state index is 12.9. The van der Waals surface area contributed by atoms with Crippen molar-refractivity contribution in [2.75, 3.05) is 24.5 Å². The van der Waals surface area contributed by atoms with E-state index in [0.717, 1.165) is 0 Å². The second kappa shape index (κ2) is 6.23. The molecule has 1 N–H and O–H groups in total. The number of benzene rings is 1. The monoisotopic (exact) mass is 340 g/mol. The van der Waals surface area contributed by atoms with Crippen molar-refractivity contribution in [1.82, 2.24) is 10.3 Å². The predicted molar refractivity (Wildman–Crippen MR) is 83.1 cm³/mol. The van der Waals surface area contributed by atoms with Gasteiger partial charge in [-0.05, 0) is 30.7 Å². The van der Waals surface area contributed by atoms with E-state index in [2.05, 4.69) is 10.3 Å². The molecule has 1 aliphatic heterocycles. The smallest absolute Gasteiger partial charge is 0.365 e. The van der Waals surface area contributed by atoms with Crippen molar-refractivity contribution < 1.29 is 18.1 Å².